The summed E-state index contributed by atoms with van der Waals surface area (Å²) in [6, 6.07) is 5.37. The number of ether oxygens (including phenoxy) is 1. The van der Waals surface area contributed by atoms with Gasteiger partial charge in [-0.2, -0.15) is 5.26 Å². The summed E-state index contributed by atoms with van der Waals surface area (Å²) in [6.07, 6.45) is -2.85. The van der Waals surface area contributed by atoms with Crippen molar-refractivity contribution in [2.45, 2.75) is 6.43 Å². The maximum atomic E-state index is 12.4. The van der Waals surface area contributed by atoms with Crippen molar-refractivity contribution >= 4 is 0 Å². The monoisotopic (exact) mass is 201 g/mol. The third kappa shape index (κ3) is 1.96. The highest BCUT2D eigenvalue weighted by Crippen LogP contribution is 2.31. The van der Waals surface area contributed by atoms with Crippen LogP contribution in [0, 0.1) is 11.3 Å². The molecule has 5 heteroatoms. The van der Waals surface area contributed by atoms with E-state index >= 15 is 0 Å². The maximum absolute atomic E-state index is 12.4. The van der Waals surface area contributed by atoms with Gasteiger partial charge in [-0.1, -0.05) is 6.07 Å². The lowest BCUT2D eigenvalue weighted by Gasteiger charge is -2.09. The van der Waals surface area contributed by atoms with Crippen molar-refractivity contribution in [3.63, 3.8) is 0 Å². The highest BCUT2D eigenvalue weighted by molar-refractivity contribution is 5.47. The lowest BCUT2D eigenvalue weighted by atomic mass is 10.1. The van der Waals surface area contributed by atoms with E-state index in [2.05, 4.69) is 4.74 Å². The van der Waals surface area contributed by atoms with Crippen molar-refractivity contribution in [1.29, 1.82) is 5.26 Å². The zero-order chi connectivity index (χ0) is 10.6. The molecule has 0 aliphatic heterocycles. The fourth-order valence-corrected chi connectivity index (χ4v) is 1.05. The molecule has 14 heavy (non-hydrogen) atoms. The fourth-order valence-electron chi connectivity index (χ4n) is 1.05. The second-order valence-electron chi connectivity index (χ2n) is 2.38. The van der Waals surface area contributed by atoms with Crippen LogP contribution in [-0.2, 0) is 0 Å². The van der Waals surface area contributed by atoms with E-state index in [1.807, 2.05) is 0 Å². The Balaban J connectivity index is 3.22. The minimum atomic E-state index is -2.85. The van der Waals surface area contributed by atoms with Gasteiger partial charge in [-0.25, -0.2) is 13.2 Å². The van der Waals surface area contributed by atoms with Gasteiger partial charge in [0.15, 0.2) is 0 Å². The van der Waals surface area contributed by atoms with Gasteiger partial charge < -0.3 is 4.74 Å². The zero-order valence-electron chi connectivity index (χ0n) is 7.01. The van der Waals surface area contributed by atoms with E-state index in [0.717, 1.165) is 0 Å². The standard InChI is InChI=1S/C9H6F3NO/c10-5-14-7-3-1-2-6(4-13)8(7)9(11)12/h1-3,9H,5H2. The van der Waals surface area contributed by atoms with Crippen molar-refractivity contribution < 1.29 is 17.9 Å². The maximum Gasteiger partial charge on any atom is 0.268 e. The molecule has 0 aromatic heterocycles. The molecule has 0 aliphatic rings. The van der Waals surface area contributed by atoms with Crippen molar-refractivity contribution in [2.24, 2.45) is 0 Å². The molecule has 1 rings (SSSR count). The number of rotatable bonds is 3. The highest BCUT2D eigenvalue weighted by atomic mass is 19.3. The van der Waals surface area contributed by atoms with E-state index in [4.69, 9.17) is 5.26 Å². The third-order valence-corrected chi connectivity index (χ3v) is 1.61. The second-order valence-corrected chi connectivity index (χ2v) is 2.38. The molecule has 0 spiro atoms. The van der Waals surface area contributed by atoms with Crippen molar-refractivity contribution in [3.8, 4) is 11.8 Å². The summed E-state index contributed by atoms with van der Waals surface area (Å²) in [5.74, 6) is -0.290. The molecule has 0 aliphatic carbocycles. The van der Waals surface area contributed by atoms with E-state index in [9.17, 15) is 13.2 Å². The van der Waals surface area contributed by atoms with Gasteiger partial charge in [0, 0.05) is 0 Å². The summed E-state index contributed by atoms with van der Waals surface area (Å²) in [5, 5.41) is 8.53. The van der Waals surface area contributed by atoms with Gasteiger partial charge in [0.25, 0.3) is 6.43 Å². The summed E-state index contributed by atoms with van der Waals surface area (Å²) in [4.78, 5) is 0. The molecule has 0 bridgehead atoms. The summed E-state index contributed by atoms with van der Waals surface area (Å²) in [7, 11) is 0. The van der Waals surface area contributed by atoms with E-state index in [1.54, 1.807) is 6.07 Å². The van der Waals surface area contributed by atoms with Crippen LogP contribution in [0.3, 0.4) is 0 Å². The molecular formula is C9H6F3NO. The predicted octanol–water partition coefficient (Wildman–Crippen LogP) is 2.80. The van der Waals surface area contributed by atoms with Crippen molar-refractivity contribution in [1.82, 2.24) is 0 Å². The number of alkyl halides is 3. The molecule has 0 saturated carbocycles. The Morgan fingerprint density at radius 2 is 2.14 bits per heavy atom. The van der Waals surface area contributed by atoms with E-state index in [0.29, 0.717) is 0 Å². The summed E-state index contributed by atoms with van der Waals surface area (Å²) in [6.45, 7) is -1.20. The van der Waals surface area contributed by atoms with Crippen molar-refractivity contribution in [2.75, 3.05) is 6.86 Å². The average molecular weight is 201 g/mol. The Bertz CT molecular complexity index is 360. The Morgan fingerprint density at radius 3 is 2.64 bits per heavy atom. The topological polar surface area (TPSA) is 33.0 Å². The molecular weight excluding hydrogens is 195 g/mol. The predicted molar refractivity (Wildman–Crippen MR) is 42.7 cm³/mol. The lowest BCUT2D eigenvalue weighted by Crippen LogP contribution is -1.98. The first-order valence-corrected chi connectivity index (χ1v) is 3.70. The molecule has 74 valence electrons. The first-order chi connectivity index (χ1) is 6.70. The molecule has 1 aromatic carbocycles. The zero-order valence-corrected chi connectivity index (χ0v) is 7.01. The molecule has 0 unspecified atom stereocenters. The molecule has 2 nitrogen and oxygen atoms in total. The fraction of sp³-hybridized carbons (Fsp3) is 0.222. The van der Waals surface area contributed by atoms with E-state index < -0.39 is 18.8 Å². The first-order valence-electron chi connectivity index (χ1n) is 3.70. The van der Waals surface area contributed by atoms with Gasteiger partial charge in [0.1, 0.15) is 5.75 Å². The molecule has 0 saturated heterocycles. The van der Waals surface area contributed by atoms with Crippen LogP contribution < -0.4 is 4.74 Å². The molecule has 0 radical (unpaired) electrons. The molecule has 0 fully saturated rings. The number of benzene rings is 1. The SMILES string of the molecule is N#Cc1cccc(OCF)c1C(F)F. The van der Waals surface area contributed by atoms with Crippen LogP contribution in [0.4, 0.5) is 13.2 Å². The van der Waals surface area contributed by atoms with Gasteiger partial charge in [0.05, 0.1) is 17.2 Å². The molecule has 0 amide bonds. The van der Waals surface area contributed by atoms with Gasteiger partial charge in [-0.3, -0.25) is 0 Å². The van der Waals surface area contributed by atoms with Crippen LogP contribution in [-0.4, -0.2) is 6.86 Å². The number of nitriles is 1. The van der Waals surface area contributed by atoms with Crippen LogP contribution in [0.2, 0.25) is 0 Å². The molecule has 1 aromatic rings. The Morgan fingerprint density at radius 1 is 1.43 bits per heavy atom. The Kier molecular flexibility index (Phi) is 3.35. The Labute approximate surface area is 78.5 Å². The number of nitrogens with zero attached hydrogens (tertiary/aromatic N) is 1. The average Bonchev–Trinajstić information content (AvgIpc) is 2.17. The lowest BCUT2D eigenvalue weighted by molar-refractivity contribution is 0.136. The van der Waals surface area contributed by atoms with Gasteiger partial charge >= 0.3 is 0 Å². The van der Waals surface area contributed by atoms with Gasteiger partial charge in [-0.15, -0.1) is 0 Å². The number of hydrogen-bond acceptors (Lipinski definition) is 2. The van der Waals surface area contributed by atoms with Gasteiger partial charge in [0.2, 0.25) is 6.86 Å². The van der Waals surface area contributed by atoms with Crippen molar-refractivity contribution in [3.05, 3.63) is 29.3 Å². The molecule has 0 heterocycles. The highest BCUT2D eigenvalue weighted by Gasteiger charge is 2.18. The van der Waals surface area contributed by atoms with Crippen LogP contribution in [0.5, 0.6) is 5.75 Å². The summed E-state index contributed by atoms with van der Waals surface area (Å²) < 4.78 is 41.0. The smallest absolute Gasteiger partial charge is 0.268 e. The molecule has 0 atom stereocenters. The van der Waals surface area contributed by atoms with Gasteiger partial charge in [-0.05, 0) is 12.1 Å². The quantitative estimate of drug-likeness (QED) is 0.753. The summed E-state index contributed by atoms with van der Waals surface area (Å²) in [5.41, 5.74) is -0.765. The largest absolute Gasteiger partial charge is 0.462 e. The second kappa shape index (κ2) is 4.51. The van der Waals surface area contributed by atoms with Crippen LogP contribution in [0.25, 0.3) is 0 Å². The normalized spacial score (nSPS) is 9.93. The van der Waals surface area contributed by atoms with E-state index in [-0.39, 0.29) is 11.3 Å². The summed E-state index contributed by atoms with van der Waals surface area (Å²) >= 11 is 0. The first kappa shape index (κ1) is 10.4. The minimum Gasteiger partial charge on any atom is -0.462 e. The van der Waals surface area contributed by atoms with E-state index in [1.165, 1.54) is 18.2 Å². The number of halogens is 3. The minimum absolute atomic E-state index is 0.203. The Hall–Kier alpha value is -1.70. The third-order valence-electron chi connectivity index (χ3n) is 1.61. The number of hydrogen-bond donors (Lipinski definition) is 0. The van der Waals surface area contributed by atoms with Crippen LogP contribution in [0.15, 0.2) is 18.2 Å². The molecule has 0 N–H and O–H groups in total. The van der Waals surface area contributed by atoms with Crippen LogP contribution >= 0.6 is 0 Å². The van der Waals surface area contributed by atoms with Crippen LogP contribution in [0.1, 0.15) is 17.6 Å².